The molecule has 0 rings (SSSR count). The fourth-order valence-electron chi connectivity index (χ4n) is 3.58. The molecule has 0 aliphatic carbocycles. The molecule has 0 saturated carbocycles. The van der Waals surface area contributed by atoms with Crippen molar-refractivity contribution in [2.75, 3.05) is 0 Å². The molecule has 0 aromatic carbocycles. The SMILES string of the molecule is CCCCCCCCCCCC(O)(CCCCCCCC)CC(=O)O. The molecule has 3 heteroatoms. The molecule has 0 spiro atoms. The van der Waals surface area contributed by atoms with Crippen LogP contribution in [0.15, 0.2) is 0 Å². The van der Waals surface area contributed by atoms with Gasteiger partial charge < -0.3 is 10.2 Å². The van der Waals surface area contributed by atoms with E-state index in [9.17, 15) is 9.90 Å². The van der Waals surface area contributed by atoms with E-state index in [2.05, 4.69) is 13.8 Å². The Balaban J connectivity index is 3.83. The van der Waals surface area contributed by atoms with Crippen molar-refractivity contribution in [1.82, 2.24) is 0 Å². The van der Waals surface area contributed by atoms with E-state index in [1.165, 1.54) is 70.6 Å². The van der Waals surface area contributed by atoms with Gasteiger partial charge in [-0.1, -0.05) is 110 Å². The van der Waals surface area contributed by atoms with Gasteiger partial charge in [-0.05, 0) is 12.8 Å². The zero-order chi connectivity index (χ0) is 18.8. The molecule has 2 N–H and O–H groups in total. The van der Waals surface area contributed by atoms with Crippen LogP contribution in [-0.4, -0.2) is 21.8 Å². The summed E-state index contributed by atoms with van der Waals surface area (Å²) in [5, 5.41) is 19.8. The fourth-order valence-corrected chi connectivity index (χ4v) is 3.58. The average Bonchev–Trinajstić information content (AvgIpc) is 2.56. The standard InChI is InChI=1S/C22H44O3/c1-3-5-7-9-11-12-13-15-17-19-22(25,20-21(23)24)18-16-14-10-8-6-4-2/h25H,3-20H2,1-2H3,(H,23,24). The lowest BCUT2D eigenvalue weighted by molar-refractivity contribution is -0.143. The first-order valence-corrected chi connectivity index (χ1v) is 11.0. The normalized spacial score (nSPS) is 13.7. The van der Waals surface area contributed by atoms with E-state index in [1.54, 1.807) is 0 Å². The monoisotopic (exact) mass is 356 g/mol. The van der Waals surface area contributed by atoms with Crippen molar-refractivity contribution in [1.29, 1.82) is 0 Å². The zero-order valence-electron chi connectivity index (χ0n) is 17.0. The Labute approximate surface area is 156 Å². The number of hydrogen-bond acceptors (Lipinski definition) is 2. The number of hydrogen-bond donors (Lipinski definition) is 2. The molecule has 3 nitrogen and oxygen atoms in total. The summed E-state index contributed by atoms with van der Waals surface area (Å²) in [6.07, 6.45) is 19.4. The molecule has 0 aliphatic heterocycles. The molecular weight excluding hydrogens is 312 g/mol. The molecule has 0 bridgehead atoms. The summed E-state index contributed by atoms with van der Waals surface area (Å²) in [5.41, 5.74) is -0.988. The predicted octanol–water partition coefficient (Wildman–Crippen LogP) is 6.86. The second-order valence-electron chi connectivity index (χ2n) is 7.89. The lowest BCUT2D eigenvalue weighted by atomic mass is 9.87. The summed E-state index contributed by atoms with van der Waals surface area (Å²) >= 11 is 0. The molecule has 25 heavy (non-hydrogen) atoms. The maximum Gasteiger partial charge on any atom is 0.306 e. The van der Waals surface area contributed by atoms with E-state index in [1.807, 2.05) is 0 Å². The van der Waals surface area contributed by atoms with Gasteiger partial charge in [0.25, 0.3) is 0 Å². The fraction of sp³-hybridized carbons (Fsp3) is 0.955. The Hall–Kier alpha value is -0.570. The Morgan fingerprint density at radius 2 is 0.960 bits per heavy atom. The van der Waals surface area contributed by atoms with Crippen LogP contribution in [-0.2, 0) is 4.79 Å². The van der Waals surface area contributed by atoms with Crippen LogP contribution in [0.25, 0.3) is 0 Å². The topological polar surface area (TPSA) is 57.5 Å². The van der Waals surface area contributed by atoms with E-state index >= 15 is 0 Å². The predicted molar refractivity (Wildman–Crippen MR) is 107 cm³/mol. The van der Waals surface area contributed by atoms with Crippen molar-refractivity contribution in [2.45, 2.75) is 135 Å². The van der Waals surface area contributed by atoms with E-state index in [0.29, 0.717) is 12.8 Å². The van der Waals surface area contributed by atoms with Crippen LogP contribution in [0.4, 0.5) is 0 Å². The van der Waals surface area contributed by atoms with Crippen molar-refractivity contribution in [3.8, 4) is 0 Å². The second kappa shape index (κ2) is 16.9. The van der Waals surface area contributed by atoms with Gasteiger partial charge in [0.2, 0.25) is 0 Å². The summed E-state index contributed by atoms with van der Waals surface area (Å²) in [6.45, 7) is 4.44. The third kappa shape index (κ3) is 16.6. The highest BCUT2D eigenvalue weighted by atomic mass is 16.4. The Morgan fingerprint density at radius 1 is 0.640 bits per heavy atom. The molecule has 0 fully saturated rings. The number of aliphatic carboxylic acids is 1. The molecule has 0 aromatic heterocycles. The minimum absolute atomic E-state index is 0.0982. The minimum Gasteiger partial charge on any atom is -0.481 e. The number of carboxylic acids is 1. The van der Waals surface area contributed by atoms with Gasteiger partial charge in [0.05, 0.1) is 12.0 Å². The van der Waals surface area contributed by atoms with Gasteiger partial charge in [-0.25, -0.2) is 0 Å². The second-order valence-corrected chi connectivity index (χ2v) is 7.89. The lowest BCUT2D eigenvalue weighted by Gasteiger charge is -2.26. The van der Waals surface area contributed by atoms with E-state index in [4.69, 9.17) is 5.11 Å². The Morgan fingerprint density at radius 3 is 1.28 bits per heavy atom. The van der Waals surface area contributed by atoms with Gasteiger partial charge in [-0.15, -0.1) is 0 Å². The Kier molecular flexibility index (Phi) is 16.5. The van der Waals surface area contributed by atoms with Crippen molar-refractivity contribution in [3.63, 3.8) is 0 Å². The van der Waals surface area contributed by atoms with Gasteiger partial charge in [0.15, 0.2) is 0 Å². The van der Waals surface area contributed by atoms with Crippen molar-refractivity contribution >= 4 is 5.97 Å². The summed E-state index contributed by atoms with van der Waals surface area (Å²) in [5.74, 6) is -0.871. The van der Waals surface area contributed by atoms with Crippen LogP contribution in [0.5, 0.6) is 0 Å². The van der Waals surface area contributed by atoms with Crippen molar-refractivity contribution < 1.29 is 15.0 Å². The van der Waals surface area contributed by atoms with Gasteiger partial charge in [-0.3, -0.25) is 4.79 Å². The van der Waals surface area contributed by atoms with Crippen LogP contribution >= 0.6 is 0 Å². The van der Waals surface area contributed by atoms with Gasteiger partial charge in [-0.2, -0.15) is 0 Å². The number of rotatable bonds is 19. The zero-order valence-corrected chi connectivity index (χ0v) is 17.0. The summed E-state index contributed by atoms with van der Waals surface area (Å²) in [6, 6.07) is 0. The van der Waals surface area contributed by atoms with Gasteiger partial charge >= 0.3 is 5.97 Å². The first-order chi connectivity index (χ1) is 12.0. The molecular formula is C22H44O3. The molecule has 1 unspecified atom stereocenters. The average molecular weight is 357 g/mol. The molecule has 150 valence electrons. The molecule has 0 heterocycles. The molecule has 0 radical (unpaired) electrons. The maximum atomic E-state index is 11.1. The van der Waals surface area contributed by atoms with Crippen molar-refractivity contribution in [3.05, 3.63) is 0 Å². The highest BCUT2D eigenvalue weighted by molar-refractivity contribution is 5.68. The number of aliphatic hydroxyl groups is 1. The molecule has 1 atom stereocenters. The molecule has 0 amide bonds. The first kappa shape index (κ1) is 24.4. The van der Waals surface area contributed by atoms with E-state index < -0.39 is 11.6 Å². The minimum atomic E-state index is -0.988. The summed E-state index contributed by atoms with van der Waals surface area (Å²) in [4.78, 5) is 11.1. The number of carbonyl (C=O) groups is 1. The summed E-state index contributed by atoms with van der Waals surface area (Å²) < 4.78 is 0. The van der Waals surface area contributed by atoms with Crippen LogP contribution in [0.2, 0.25) is 0 Å². The van der Waals surface area contributed by atoms with E-state index in [0.717, 1.165) is 25.7 Å². The quantitative estimate of drug-likeness (QED) is 0.248. The lowest BCUT2D eigenvalue weighted by Crippen LogP contribution is -2.31. The maximum absolute atomic E-state index is 11.1. The van der Waals surface area contributed by atoms with Crippen LogP contribution < -0.4 is 0 Å². The van der Waals surface area contributed by atoms with Gasteiger partial charge in [0, 0.05) is 0 Å². The smallest absolute Gasteiger partial charge is 0.306 e. The van der Waals surface area contributed by atoms with Crippen LogP contribution in [0.1, 0.15) is 129 Å². The highest BCUT2D eigenvalue weighted by Gasteiger charge is 2.28. The third-order valence-electron chi connectivity index (χ3n) is 5.22. The Bertz CT molecular complexity index is 304. The van der Waals surface area contributed by atoms with Crippen LogP contribution in [0, 0.1) is 0 Å². The van der Waals surface area contributed by atoms with Gasteiger partial charge in [0.1, 0.15) is 0 Å². The van der Waals surface area contributed by atoms with E-state index in [-0.39, 0.29) is 6.42 Å². The van der Waals surface area contributed by atoms with Crippen LogP contribution in [0.3, 0.4) is 0 Å². The third-order valence-corrected chi connectivity index (χ3v) is 5.22. The number of unbranched alkanes of at least 4 members (excludes halogenated alkanes) is 13. The largest absolute Gasteiger partial charge is 0.481 e. The highest BCUT2D eigenvalue weighted by Crippen LogP contribution is 2.26. The molecule has 0 aromatic rings. The summed E-state index contributed by atoms with van der Waals surface area (Å²) in [7, 11) is 0. The first-order valence-electron chi connectivity index (χ1n) is 11.0. The molecule has 0 aliphatic rings. The van der Waals surface area contributed by atoms with Crippen molar-refractivity contribution in [2.24, 2.45) is 0 Å². The molecule has 0 saturated heterocycles. The number of carboxylic acid groups (broad SMARTS) is 1.